The molecule has 0 heterocycles. The summed E-state index contributed by atoms with van der Waals surface area (Å²) in [5, 5.41) is 2.70. The van der Waals surface area contributed by atoms with Crippen molar-refractivity contribution < 1.29 is 9.53 Å². The van der Waals surface area contributed by atoms with E-state index >= 15 is 0 Å². The first-order valence-corrected chi connectivity index (χ1v) is 6.73. The summed E-state index contributed by atoms with van der Waals surface area (Å²) in [6.07, 6.45) is -0.757. The number of rotatable bonds is 3. The zero-order valence-electron chi connectivity index (χ0n) is 10.5. The van der Waals surface area contributed by atoms with E-state index in [1.54, 1.807) is 6.07 Å². The molecule has 0 unspecified atom stereocenters. The Morgan fingerprint density at radius 3 is 2.42 bits per heavy atom. The van der Waals surface area contributed by atoms with Gasteiger partial charge in [-0.3, -0.25) is 5.32 Å². The topological polar surface area (TPSA) is 38.3 Å². The molecule has 4 heteroatoms. The van der Waals surface area contributed by atoms with Crippen LogP contribution in [0.1, 0.15) is 18.6 Å². The van der Waals surface area contributed by atoms with E-state index in [1.807, 2.05) is 55.5 Å². The second kappa shape index (κ2) is 6.38. The van der Waals surface area contributed by atoms with Gasteiger partial charge in [-0.1, -0.05) is 42.5 Å². The predicted molar refractivity (Wildman–Crippen MR) is 79.1 cm³/mol. The summed E-state index contributed by atoms with van der Waals surface area (Å²) in [5.74, 6) is 0. The van der Waals surface area contributed by atoms with Crippen molar-refractivity contribution >= 4 is 27.7 Å². The van der Waals surface area contributed by atoms with Crippen molar-refractivity contribution in [2.75, 3.05) is 5.32 Å². The highest BCUT2D eigenvalue weighted by atomic mass is 79.9. The van der Waals surface area contributed by atoms with Gasteiger partial charge in [-0.05, 0) is 40.5 Å². The molecule has 0 aliphatic carbocycles. The van der Waals surface area contributed by atoms with Crippen molar-refractivity contribution in [3.05, 3.63) is 64.6 Å². The van der Waals surface area contributed by atoms with Crippen molar-refractivity contribution in [3.63, 3.8) is 0 Å². The average Bonchev–Trinajstić information content (AvgIpc) is 2.42. The number of carbonyl (C=O) groups excluding carboxylic acids is 1. The molecule has 98 valence electrons. The second-order valence-electron chi connectivity index (χ2n) is 4.06. The van der Waals surface area contributed by atoms with Gasteiger partial charge in [0.05, 0.1) is 5.69 Å². The van der Waals surface area contributed by atoms with Crippen molar-refractivity contribution in [2.24, 2.45) is 0 Å². The van der Waals surface area contributed by atoms with E-state index in [2.05, 4.69) is 21.2 Å². The highest BCUT2D eigenvalue weighted by molar-refractivity contribution is 9.10. The molecule has 0 aromatic heterocycles. The monoisotopic (exact) mass is 319 g/mol. The lowest BCUT2D eigenvalue weighted by Crippen LogP contribution is -2.16. The van der Waals surface area contributed by atoms with Crippen LogP contribution in [0.25, 0.3) is 0 Å². The third-order valence-electron chi connectivity index (χ3n) is 2.66. The molecule has 1 atom stereocenters. The number of ether oxygens (including phenoxy) is 1. The molecule has 0 radical (unpaired) electrons. The SMILES string of the molecule is C[C@@H](OC(=O)Nc1ccccc1Br)c1ccccc1. The van der Waals surface area contributed by atoms with E-state index < -0.39 is 6.09 Å². The fourth-order valence-corrected chi connectivity index (χ4v) is 2.04. The molecule has 0 aliphatic rings. The smallest absolute Gasteiger partial charge is 0.412 e. The quantitative estimate of drug-likeness (QED) is 0.885. The number of amides is 1. The zero-order valence-corrected chi connectivity index (χ0v) is 12.1. The summed E-state index contributed by atoms with van der Waals surface area (Å²) in [6, 6.07) is 17.0. The van der Waals surface area contributed by atoms with E-state index in [9.17, 15) is 4.79 Å². The number of hydrogen-bond acceptors (Lipinski definition) is 2. The number of nitrogens with one attached hydrogen (secondary N) is 1. The minimum absolute atomic E-state index is 0.288. The third kappa shape index (κ3) is 3.83. The Bertz CT molecular complexity index is 557. The van der Waals surface area contributed by atoms with Gasteiger partial charge in [0.1, 0.15) is 6.10 Å². The molecule has 3 nitrogen and oxygen atoms in total. The lowest BCUT2D eigenvalue weighted by atomic mass is 10.1. The summed E-state index contributed by atoms with van der Waals surface area (Å²) < 4.78 is 6.14. The van der Waals surface area contributed by atoms with Crippen LogP contribution in [-0.4, -0.2) is 6.09 Å². The molecule has 2 aromatic rings. The predicted octanol–water partition coefficient (Wildman–Crippen LogP) is 4.76. The normalized spacial score (nSPS) is 11.7. The van der Waals surface area contributed by atoms with Gasteiger partial charge in [-0.15, -0.1) is 0 Å². The number of anilines is 1. The highest BCUT2D eigenvalue weighted by Gasteiger charge is 2.12. The van der Waals surface area contributed by atoms with Crippen LogP contribution in [0.2, 0.25) is 0 Å². The molecular weight excluding hydrogens is 306 g/mol. The fourth-order valence-electron chi connectivity index (χ4n) is 1.65. The second-order valence-corrected chi connectivity index (χ2v) is 4.92. The lowest BCUT2D eigenvalue weighted by Gasteiger charge is -2.14. The van der Waals surface area contributed by atoms with Crippen LogP contribution in [-0.2, 0) is 4.74 Å². The minimum atomic E-state index is -0.469. The van der Waals surface area contributed by atoms with Gasteiger partial charge in [0.15, 0.2) is 0 Å². The largest absolute Gasteiger partial charge is 0.441 e. The molecule has 0 saturated heterocycles. The highest BCUT2D eigenvalue weighted by Crippen LogP contribution is 2.22. The molecule has 0 saturated carbocycles. The van der Waals surface area contributed by atoms with Crippen LogP contribution in [0.4, 0.5) is 10.5 Å². The molecule has 1 amide bonds. The van der Waals surface area contributed by atoms with Crippen molar-refractivity contribution in [2.45, 2.75) is 13.0 Å². The Hall–Kier alpha value is -1.81. The number of para-hydroxylation sites is 1. The molecule has 0 fully saturated rings. The molecule has 0 aliphatic heterocycles. The Morgan fingerprint density at radius 1 is 1.11 bits per heavy atom. The molecular formula is C15H14BrNO2. The van der Waals surface area contributed by atoms with Crippen LogP contribution in [0.5, 0.6) is 0 Å². The van der Waals surface area contributed by atoms with Crippen LogP contribution in [0.15, 0.2) is 59.1 Å². The Labute approximate surface area is 120 Å². The van der Waals surface area contributed by atoms with Gasteiger partial charge in [-0.25, -0.2) is 4.79 Å². The Kier molecular flexibility index (Phi) is 4.58. The molecule has 0 spiro atoms. The maximum Gasteiger partial charge on any atom is 0.412 e. The van der Waals surface area contributed by atoms with Crippen LogP contribution < -0.4 is 5.32 Å². The summed E-state index contributed by atoms with van der Waals surface area (Å²) in [5.41, 5.74) is 1.65. The average molecular weight is 320 g/mol. The van der Waals surface area contributed by atoms with E-state index in [0.29, 0.717) is 5.69 Å². The number of carbonyl (C=O) groups is 1. The lowest BCUT2D eigenvalue weighted by molar-refractivity contribution is 0.121. The van der Waals surface area contributed by atoms with Gasteiger partial charge in [0.25, 0.3) is 0 Å². The van der Waals surface area contributed by atoms with Crippen LogP contribution in [0.3, 0.4) is 0 Å². The minimum Gasteiger partial charge on any atom is -0.441 e. The van der Waals surface area contributed by atoms with E-state index in [-0.39, 0.29) is 6.10 Å². The standard InChI is InChI=1S/C15H14BrNO2/c1-11(12-7-3-2-4-8-12)19-15(18)17-14-10-6-5-9-13(14)16/h2-11H,1H3,(H,17,18)/t11-/m1/s1. The van der Waals surface area contributed by atoms with Crippen molar-refractivity contribution in [3.8, 4) is 0 Å². The fraction of sp³-hybridized carbons (Fsp3) is 0.133. The maximum absolute atomic E-state index is 11.8. The number of benzene rings is 2. The first-order valence-electron chi connectivity index (χ1n) is 5.94. The summed E-state index contributed by atoms with van der Waals surface area (Å²) in [6.45, 7) is 1.84. The first kappa shape index (κ1) is 13.6. The van der Waals surface area contributed by atoms with Gasteiger partial charge >= 0.3 is 6.09 Å². The van der Waals surface area contributed by atoms with Gasteiger partial charge in [-0.2, -0.15) is 0 Å². The Morgan fingerprint density at radius 2 is 1.74 bits per heavy atom. The summed E-state index contributed by atoms with van der Waals surface area (Å²) in [7, 11) is 0. The molecule has 2 rings (SSSR count). The number of halogens is 1. The summed E-state index contributed by atoms with van der Waals surface area (Å²) >= 11 is 3.37. The van der Waals surface area contributed by atoms with Crippen molar-refractivity contribution in [1.29, 1.82) is 0 Å². The van der Waals surface area contributed by atoms with Gasteiger partial charge in [0.2, 0.25) is 0 Å². The molecule has 0 bridgehead atoms. The first-order chi connectivity index (χ1) is 9.16. The van der Waals surface area contributed by atoms with Gasteiger partial charge < -0.3 is 4.74 Å². The van der Waals surface area contributed by atoms with Gasteiger partial charge in [0, 0.05) is 4.47 Å². The van der Waals surface area contributed by atoms with E-state index in [0.717, 1.165) is 10.0 Å². The van der Waals surface area contributed by atoms with Crippen molar-refractivity contribution in [1.82, 2.24) is 0 Å². The van der Waals surface area contributed by atoms with E-state index in [4.69, 9.17) is 4.74 Å². The molecule has 19 heavy (non-hydrogen) atoms. The van der Waals surface area contributed by atoms with Crippen LogP contribution >= 0.6 is 15.9 Å². The third-order valence-corrected chi connectivity index (χ3v) is 3.35. The summed E-state index contributed by atoms with van der Waals surface area (Å²) in [4.78, 5) is 11.8. The maximum atomic E-state index is 11.8. The van der Waals surface area contributed by atoms with Crippen LogP contribution in [0, 0.1) is 0 Å². The van der Waals surface area contributed by atoms with E-state index in [1.165, 1.54) is 0 Å². The zero-order chi connectivity index (χ0) is 13.7. The molecule has 2 aromatic carbocycles. The molecule has 1 N–H and O–H groups in total. The Balaban J connectivity index is 1.97. The number of hydrogen-bond donors (Lipinski definition) is 1.